The zero-order chi connectivity index (χ0) is 28.4. The number of aryl methyl sites for hydroxylation is 1. The Balaban J connectivity index is 1.73. The van der Waals surface area contributed by atoms with Crippen LogP contribution in [0.1, 0.15) is 25.0 Å². The lowest BCUT2D eigenvalue weighted by molar-refractivity contribution is -0.0561. The number of fused-ring (bicyclic) bond motifs is 1. The minimum atomic E-state index is -5.94. The summed E-state index contributed by atoms with van der Waals surface area (Å²) in [4.78, 5) is 0. The number of ether oxygens (including phenoxy) is 1. The third-order valence-electron chi connectivity index (χ3n) is 6.18. The van der Waals surface area contributed by atoms with Gasteiger partial charge in [-0.1, -0.05) is 42.5 Å². The number of hydroxylamine groups is 1. The van der Waals surface area contributed by atoms with Gasteiger partial charge in [0.25, 0.3) is 0 Å². The van der Waals surface area contributed by atoms with Gasteiger partial charge in [-0.25, -0.2) is 9.45 Å². The van der Waals surface area contributed by atoms with Crippen LogP contribution in [0.4, 0.5) is 23.2 Å². The van der Waals surface area contributed by atoms with Crippen LogP contribution < -0.4 is 9.80 Å². The molecule has 1 aliphatic heterocycles. The van der Waals surface area contributed by atoms with Crippen molar-refractivity contribution in [3.63, 3.8) is 0 Å². The lowest BCUT2D eigenvalue weighted by atomic mass is 9.88. The number of hydrogen-bond acceptors (Lipinski definition) is 6. The van der Waals surface area contributed by atoms with Crippen LogP contribution in [0.5, 0.6) is 5.75 Å². The largest absolute Gasteiger partial charge is 0.525 e. The van der Waals surface area contributed by atoms with Gasteiger partial charge in [0, 0.05) is 16.9 Å². The summed E-state index contributed by atoms with van der Waals surface area (Å²) in [6.07, 6.45) is 2.53. The van der Waals surface area contributed by atoms with Gasteiger partial charge in [0.05, 0.1) is 18.3 Å². The molecule has 0 atom stereocenters. The predicted octanol–water partition coefficient (Wildman–Crippen LogP) is 7.24. The average Bonchev–Trinajstić information content (AvgIpc) is 2.88. The molecular formula is C28H27F4NO4S2. The summed E-state index contributed by atoms with van der Waals surface area (Å²) in [7, 11) is -4.49. The molecule has 0 saturated carbocycles. The number of alkyl halides is 3. The Bertz CT molecular complexity index is 1470. The van der Waals surface area contributed by atoms with Crippen LogP contribution in [0.3, 0.4) is 0 Å². The number of thioether (sulfide) groups is 1. The van der Waals surface area contributed by atoms with Crippen molar-refractivity contribution in [2.24, 2.45) is 0 Å². The molecule has 0 saturated heterocycles. The monoisotopic (exact) mass is 581 g/mol. The predicted molar refractivity (Wildman–Crippen MR) is 146 cm³/mol. The molecule has 0 aliphatic carbocycles. The highest BCUT2D eigenvalue weighted by molar-refractivity contribution is 7.99. The minimum Gasteiger partial charge on any atom is -0.496 e. The van der Waals surface area contributed by atoms with E-state index < -0.39 is 27.0 Å². The maximum atomic E-state index is 14.1. The molecule has 0 fully saturated rings. The van der Waals surface area contributed by atoms with E-state index in [1.807, 2.05) is 30.3 Å². The molecule has 3 aromatic carbocycles. The van der Waals surface area contributed by atoms with Crippen molar-refractivity contribution in [1.82, 2.24) is 0 Å². The molecule has 0 N–H and O–H groups in total. The maximum absolute atomic E-state index is 14.1. The molecule has 0 spiro atoms. The van der Waals surface area contributed by atoms with Crippen molar-refractivity contribution in [2.45, 2.75) is 31.3 Å². The normalized spacial score (nSPS) is 15.1. The van der Waals surface area contributed by atoms with Gasteiger partial charge >= 0.3 is 15.6 Å². The molecule has 5 nitrogen and oxygen atoms in total. The number of anilines is 1. The Morgan fingerprint density at radius 1 is 0.974 bits per heavy atom. The molecule has 208 valence electrons. The van der Waals surface area contributed by atoms with Gasteiger partial charge in [-0.2, -0.15) is 33.4 Å². The summed E-state index contributed by atoms with van der Waals surface area (Å²) >= 11 is 1.64. The van der Waals surface area contributed by atoms with E-state index >= 15 is 0 Å². The SMILES string of the molecule is COc1ccc(F)cc1-c1ccc2c(c1)C(CSCCc1ccccc1)=CC(C)(C)N2OS(=O)(=O)C(F)(F)F. The first kappa shape index (κ1) is 29.0. The summed E-state index contributed by atoms with van der Waals surface area (Å²) in [5.74, 6) is 1.21. The fraction of sp³-hybridized carbons (Fsp3) is 0.286. The molecule has 11 heteroatoms. The van der Waals surface area contributed by atoms with Crippen molar-refractivity contribution in [3.05, 3.63) is 89.8 Å². The maximum Gasteiger partial charge on any atom is 0.525 e. The van der Waals surface area contributed by atoms with Gasteiger partial charge in [-0.05, 0) is 73.1 Å². The van der Waals surface area contributed by atoms with Crippen LogP contribution >= 0.6 is 11.8 Å². The Labute approximate surface area is 229 Å². The summed E-state index contributed by atoms with van der Waals surface area (Å²) in [6, 6.07) is 18.7. The number of halogens is 4. The fourth-order valence-corrected chi connectivity index (χ4v) is 5.87. The van der Waals surface area contributed by atoms with E-state index in [9.17, 15) is 26.0 Å². The van der Waals surface area contributed by atoms with Crippen LogP contribution in [0, 0.1) is 5.82 Å². The van der Waals surface area contributed by atoms with E-state index in [-0.39, 0.29) is 5.69 Å². The van der Waals surface area contributed by atoms with Crippen LogP contribution in [0.25, 0.3) is 16.7 Å². The van der Waals surface area contributed by atoms with Gasteiger partial charge < -0.3 is 4.74 Å². The molecule has 1 heterocycles. The zero-order valence-corrected chi connectivity index (χ0v) is 23.1. The van der Waals surface area contributed by atoms with E-state index in [0.717, 1.165) is 22.8 Å². The number of nitrogens with zero attached hydrogens (tertiary/aromatic N) is 1. The third kappa shape index (κ3) is 6.42. The number of rotatable bonds is 9. The Morgan fingerprint density at radius 2 is 1.69 bits per heavy atom. The zero-order valence-electron chi connectivity index (χ0n) is 21.5. The molecule has 0 aromatic heterocycles. The molecular weight excluding hydrogens is 554 g/mol. The number of benzene rings is 3. The first-order chi connectivity index (χ1) is 18.3. The van der Waals surface area contributed by atoms with Crippen molar-refractivity contribution in [3.8, 4) is 16.9 Å². The second-order valence-corrected chi connectivity index (χ2v) is 12.1. The molecule has 0 bridgehead atoms. The van der Waals surface area contributed by atoms with E-state index in [1.54, 1.807) is 43.8 Å². The fourth-order valence-electron chi connectivity index (χ4n) is 4.33. The lowest BCUT2D eigenvalue weighted by Crippen LogP contribution is -2.48. The van der Waals surface area contributed by atoms with E-state index in [2.05, 4.69) is 4.28 Å². The van der Waals surface area contributed by atoms with Crippen molar-refractivity contribution >= 4 is 33.1 Å². The lowest BCUT2D eigenvalue weighted by Gasteiger charge is -2.41. The van der Waals surface area contributed by atoms with Crippen molar-refractivity contribution in [1.29, 1.82) is 0 Å². The van der Waals surface area contributed by atoms with E-state index in [1.165, 1.54) is 36.9 Å². The molecule has 0 radical (unpaired) electrons. The molecule has 0 unspecified atom stereocenters. The summed E-state index contributed by atoms with van der Waals surface area (Å²) in [5, 5.41) is 0.760. The number of hydrogen-bond donors (Lipinski definition) is 0. The van der Waals surface area contributed by atoms with Crippen LogP contribution in [-0.2, 0) is 20.8 Å². The van der Waals surface area contributed by atoms with E-state index in [4.69, 9.17) is 4.74 Å². The Morgan fingerprint density at radius 3 is 2.36 bits per heavy atom. The van der Waals surface area contributed by atoms with Crippen LogP contribution in [0.2, 0.25) is 0 Å². The van der Waals surface area contributed by atoms with Crippen LogP contribution in [0.15, 0.2) is 72.8 Å². The molecule has 3 aromatic rings. The molecule has 4 rings (SSSR count). The van der Waals surface area contributed by atoms with Crippen molar-refractivity contribution < 1.29 is 35.0 Å². The highest BCUT2D eigenvalue weighted by atomic mass is 32.2. The average molecular weight is 582 g/mol. The van der Waals surface area contributed by atoms with Crippen molar-refractivity contribution in [2.75, 3.05) is 23.7 Å². The van der Waals surface area contributed by atoms with Gasteiger partial charge in [0.2, 0.25) is 0 Å². The second kappa shape index (κ2) is 11.2. The summed E-state index contributed by atoms with van der Waals surface area (Å²) < 4.78 is 87.8. The molecule has 0 amide bonds. The first-order valence-electron chi connectivity index (χ1n) is 12.0. The topological polar surface area (TPSA) is 55.8 Å². The summed E-state index contributed by atoms with van der Waals surface area (Å²) in [5.41, 5.74) is -3.26. The molecule has 39 heavy (non-hydrogen) atoms. The van der Waals surface area contributed by atoms with Gasteiger partial charge in [0.15, 0.2) is 0 Å². The quantitative estimate of drug-likeness (QED) is 0.151. The standard InChI is InChI=1S/C28H27F4NO4S2/c1-27(2)17-21(18-38-14-13-19-7-5-4-6-8-19)23-15-20(24-16-22(29)10-12-26(24)36-3)9-11-25(23)33(27)37-39(34,35)28(30,31)32/h4-12,15-17H,13-14,18H2,1-3H3. The first-order valence-corrected chi connectivity index (χ1v) is 14.5. The summed E-state index contributed by atoms with van der Waals surface area (Å²) in [6.45, 7) is 3.14. The Kier molecular flexibility index (Phi) is 8.34. The van der Waals surface area contributed by atoms with Gasteiger partial charge in [-0.15, -0.1) is 4.28 Å². The highest BCUT2D eigenvalue weighted by Gasteiger charge is 2.51. The second-order valence-electron chi connectivity index (χ2n) is 9.46. The van der Waals surface area contributed by atoms with Gasteiger partial charge in [-0.3, -0.25) is 0 Å². The minimum absolute atomic E-state index is 0.146. The Hall–Kier alpha value is -3.02. The van der Waals surface area contributed by atoms with E-state index in [0.29, 0.717) is 28.2 Å². The van der Waals surface area contributed by atoms with Crippen LogP contribution in [-0.4, -0.2) is 38.1 Å². The highest BCUT2D eigenvalue weighted by Crippen LogP contribution is 2.44. The smallest absolute Gasteiger partial charge is 0.496 e. The number of methoxy groups -OCH3 is 1. The van der Waals surface area contributed by atoms with Gasteiger partial charge in [0.1, 0.15) is 11.6 Å². The third-order valence-corrected chi connectivity index (χ3v) is 8.10. The molecule has 1 aliphatic rings.